The van der Waals surface area contributed by atoms with Gasteiger partial charge in [-0.15, -0.1) is 11.3 Å². The monoisotopic (exact) mass is 589 g/mol. The second kappa shape index (κ2) is 13.8. The molecule has 2 heterocycles. The number of benzene rings is 2. The summed E-state index contributed by atoms with van der Waals surface area (Å²) < 4.78 is 1.07. The Morgan fingerprint density at radius 2 is 1.79 bits per heavy atom. The van der Waals surface area contributed by atoms with Gasteiger partial charge in [-0.2, -0.15) is 0 Å². The summed E-state index contributed by atoms with van der Waals surface area (Å²) in [4.78, 5) is 43.1. The summed E-state index contributed by atoms with van der Waals surface area (Å²) in [6, 6.07) is 17.9. The lowest BCUT2D eigenvalue weighted by Gasteiger charge is -2.33. The van der Waals surface area contributed by atoms with Crippen LogP contribution in [0, 0.1) is 12.8 Å². The molecule has 0 bridgehead atoms. The lowest BCUT2D eigenvalue weighted by atomic mass is 9.93. The van der Waals surface area contributed by atoms with Gasteiger partial charge in [0.2, 0.25) is 11.8 Å². The minimum absolute atomic E-state index is 0.119. The molecule has 0 radical (unpaired) electrons. The molecule has 1 aliphatic heterocycles. The fourth-order valence-electron chi connectivity index (χ4n) is 6.47. The molecular weight excluding hydrogens is 546 g/mol. The minimum atomic E-state index is -0.948. The van der Waals surface area contributed by atoms with Gasteiger partial charge in [-0.05, 0) is 86.4 Å². The number of hydrogen-bond donors (Lipinski definition) is 3. The number of likely N-dealkylation sites (tertiary alicyclic amines) is 1. The third-order valence-electron chi connectivity index (χ3n) is 9.02. The minimum Gasteiger partial charge on any atom is -0.396 e. The molecule has 2 fully saturated rings. The Hall–Kier alpha value is -3.23. The van der Waals surface area contributed by atoms with Crippen LogP contribution in [0.4, 0.5) is 0 Å². The zero-order chi connectivity index (χ0) is 29.5. The summed E-state index contributed by atoms with van der Waals surface area (Å²) in [6.07, 6.45) is 7.16. The van der Waals surface area contributed by atoms with Gasteiger partial charge in [0.1, 0.15) is 5.54 Å². The first-order valence-electron chi connectivity index (χ1n) is 15.4. The maximum atomic E-state index is 14.0. The van der Waals surface area contributed by atoms with Gasteiger partial charge in [0.05, 0.1) is 4.88 Å². The number of aryl methyl sites for hydroxylation is 1. The van der Waals surface area contributed by atoms with Crippen molar-refractivity contribution in [2.24, 2.45) is 5.92 Å². The highest BCUT2D eigenvalue weighted by molar-refractivity contribution is 7.20. The zero-order valence-corrected chi connectivity index (χ0v) is 25.4. The Bertz CT molecular complexity index is 1370. The van der Waals surface area contributed by atoms with Crippen molar-refractivity contribution in [1.29, 1.82) is 0 Å². The standard InChI is InChI=1S/C34H43N3O4S/c1-24-9-10-27-23-30(42-29(27)21-24)32(40)36-34(16-5-6-17-34)33(41)35-28(22-26-7-3-2-4-8-26)11-12-31(39)37-18-13-25(14-19-37)15-20-38/h2-4,7-10,21,23,25,28,38H,5-6,11-20,22H2,1H3,(H,35,41)(H,36,40)/t28-/m0/s1. The number of rotatable bonds is 11. The zero-order valence-electron chi connectivity index (χ0n) is 24.6. The van der Waals surface area contributed by atoms with Crippen LogP contribution in [0.3, 0.4) is 0 Å². The van der Waals surface area contributed by atoms with Crippen molar-refractivity contribution >= 4 is 39.1 Å². The Balaban J connectivity index is 1.26. The van der Waals surface area contributed by atoms with Crippen molar-refractivity contribution in [2.45, 2.75) is 82.7 Å². The summed E-state index contributed by atoms with van der Waals surface area (Å²) in [7, 11) is 0. The number of aliphatic hydroxyl groups excluding tert-OH is 1. The van der Waals surface area contributed by atoms with Gasteiger partial charge in [-0.25, -0.2) is 0 Å². The molecule has 224 valence electrons. The largest absolute Gasteiger partial charge is 0.396 e. The van der Waals surface area contributed by atoms with E-state index in [1.807, 2.05) is 60.4 Å². The predicted octanol–water partition coefficient (Wildman–Crippen LogP) is 5.38. The predicted molar refractivity (Wildman–Crippen MR) is 168 cm³/mol. The second-order valence-corrected chi connectivity index (χ2v) is 13.2. The van der Waals surface area contributed by atoms with Crippen molar-refractivity contribution in [3.05, 3.63) is 70.6 Å². The molecule has 3 N–H and O–H groups in total. The van der Waals surface area contributed by atoms with E-state index in [1.165, 1.54) is 11.3 Å². The van der Waals surface area contributed by atoms with E-state index in [2.05, 4.69) is 16.7 Å². The summed E-state index contributed by atoms with van der Waals surface area (Å²) in [5, 5.41) is 16.7. The van der Waals surface area contributed by atoms with Crippen LogP contribution in [0.5, 0.6) is 0 Å². The van der Waals surface area contributed by atoms with E-state index >= 15 is 0 Å². The third kappa shape index (κ3) is 7.39. The van der Waals surface area contributed by atoms with Crippen LogP contribution < -0.4 is 10.6 Å². The Morgan fingerprint density at radius 1 is 1.05 bits per heavy atom. The molecule has 7 nitrogen and oxygen atoms in total. The number of carbonyl (C=O) groups is 3. The molecule has 2 aromatic carbocycles. The third-order valence-corrected chi connectivity index (χ3v) is 10.1. The highest BCUT2D eigenvalue weighted by Crippen LogP contribution is 2.33. The van der Waals surface area contributed by atoms with E-state index in [1.54, 1.807) is 0 Å². The van der Waals surface area contributed by atoms with Crippen LogP contribution in [0.25, 0.3) is 10.1 Å². The average Bonchev–Trinajstić information content (AvgIpc) is 3.65. The number of fused-ring (bicyclic) bond motifs is 1. The molecule has 0 spiro atoms. The Kier molecular flexibility index (Phi) is 9.95. The van der Waals surface area contributed by atoms with Crippen molar-refractivity contribution in [3.8, 4) is 0 Å². The van der Waals surface area contributed by atoms with E-state index in [0.29, 0.717) is 42.9 Å². The second-order valence-electron chi connectivity index (χ2n) is 12.1. The summed E-state index contributed by atoms with van der Waals surface area (Å²) in [5.41, 5.74) is 1.30. The van der Waals surface area contributed by atoms with E-state index in [0.717, 1.165) is 66.4 Å². The number of carbonyl (C=O) groups excluding carboxylic acids is 3. The van der Waals surface area contributed by atoms with Crippen LogP contribution in [0.2, 0.25) is 0 Å². The van der Waals surface area contributed by atoms with Crippen molar-refractivity contribution in [3.63, 3.8) is 0 Å². The van der Waals surface area contributed by atoms with Crippen molar-refractivity contribution in [2.75, 3.05) is 19.7 Å². The van der Waals surface area contributed by atoms with Gasteiger partial charge in [0.25, 0.3) is 5.91 Å². The van der Waals surface area contributed by atoms with Crippen LogP contribution in [-0.4, -0.2) is 59.0 Å². The van der Waals surface area contributed by atoms with Crippen molar-refractivity contribution in [1.82, 2.24) is 15.5 Å². The van der Waals surface area contributed by atoms with Gasteiger partial charge in [0.15, 0.2) is 0 Å². The number of aliphatic hydroxyl groups is 1. The van der Waals surface area contributed by atoms with Crippen LogP contribution in [0.15, 0.2) is 54.6 Å². The number of nitrogens with zero attached hydrogens (tertiary/aromatic N) is 1. The van der Waals surface area contributed by atoms with Gasteiger partial charge >= 0.3 is 0 Å². The highest BCUT2D eigenvalue weighted by Gasteiger charge is 2.43. The molecule has 1 saturated heterocycles. The smallest absolute Gasteiger partial charge is 0.262 e. The fraction of sp³-hybridized carbons (Fsp3) is 0.500. The summed E-state index contributed by atoms with van der Waals surface area (Å²) >= 11 is 1.46. The molecule has 1 atom stereocenters. The molecule has 5 rings (SSSR count). The van der Waals surface area contributed by atoms with Gasteiger partial charge in [-0.1, -0.05) is 55.3 Å². The summed E-state index contributed by atoms with van der Waals surface area (Å²) in [5.74, 6) is 0.251. The SMILES string of the molecule is Cc1ccc2cc(C(=O)NC3(C(=O)N[C@@H](CCC(=O)N4CCC(CCO)CC4)Cc4ccccc4)CCCC3)sc2c1. The topological polar surface area (TPSA) is 98.7 Å². The highest BCUT2D eigenvalue weighted by atomic mass is 32.1. The molecular formula is C34H43N3O4S. The van der Waals surface area contributed by atoms with Crippen LogP contribution in [0.1, 0.15) is 78.6 Å². The maximum Gasteiger partial charge on any atom is 0.262 e. The first-order valence-corrected chi connectivity index (χ1v) is 16.2. The number of nitrogens with one attached hydrogen (secondary N) is 2. The maximum absolute atomic E-state index is 14.0. The molecule has 2 aliphatic rings. The van der Waals surface area contributed by atoms with Crippen LogP contribution in [-0.2, 0) is 16.0 Å². The Labute approximate surface area is 252 Å². The molecule has 0 unspecified atom stereocenters. The molecule has 8 heteroatoms. The first kappa shape index (κ1) is 30.2. The fourth-order valence-corrected chi connectivity index (χ4v) is 7.53. The number of amides is 3. The molecule has 1 aromatic heterocycles. The molecule has 3 aromatic rings. The van der Waals surface area contributed by atoms with Crippen molar-refractivity contribution < 1.29 is 19.5 Å². The van der Waals surface area contributed by atoms with E-state index in [9.17, 15) is 19.5 Å². The average molecular weight is 590 g/mol. The quantitative estimate of drug-likeness (QED) is 0.280. The first-order chi connectivity index (χ1) is 20.3. The Morgan fingerprint density at radius 3 is 2.50 bits per heavy atom. The molecule has 1 aliphatic carbocycles. The molecule has 1 saturated carbocycles. The van der Waals surface area contributed by atoms with E-state index < -0.39 is 5.54 Å². The van der Waals surface area contributed by atoms with Gasteiger partial charge < -0.3 is 20.6 Å². The number of thiophene rings is 1. The van der Waals surface area contributed by atoms with Gasteiger partial charge in [-0.3, -0.25) is 14.4 Å². The van der Waals surface area contributed by atoms with E-state index in [4.69, 9.17) is 0 Å². The number of piperidine rings is 1. The van der Waals surface area contributed by atoms with E-state index in [-0.39, 0.29) is 30.4 Å². The molecule has 3 amide bonds. The van der Waals surface area contributed by atoms with Crippen LogP contribution >= 0.6 is 11.3 Å². The molecule has 42 heavy (non-hydrogen) atoms. The van der Waals surface area contributed by atoms with Gasteiger partial charge in [0, 0.05) is 36.9 Å². The summed E-state index contributed by atoms with van der Waals surface area (Å²) in [6.45, 7) is 3.69. The lowest BCUT2D eigenvalue weighted by Crippen LogP contribution is -2.59. The lowest BCUT2D eigenvalue weighted by molar-refractivity contribution is -0.133. The normalized spacial score (nSPS) is 17.7. The number of hydrogen-bond acceptors (Lipinski definition) is 5.